The molecule has 1 amide bonds. The van der Waals surface area contributed by atoms with E-state index in [0.717, 1.165) is 18.9 Å². The zero-order valence-electron chi connectivity index (χ0n) is 14.9. The van der Waals surface area contributed by atoms with Crippen molar-refractivity contribution in [3.8, 4) is 0 Å². The van der Waals surface area contributed by atoms with E-state index < -0.39 is 17.6 Å². The summed E-state index contributed by atoms with van der Waals surface area (Å²) in [5.74, 6) is -0.269. The van der Waals surface area contributed by atoms with Crippen molar-refractivity contribution in [1.29, 1.82) is 0 Å². The van der Waals surface area contributed by atoms with Gasteiger partial charge in [-0.25, -0.2) is 0 Å². The molecule has 0 radical (unpaired) electrons. The number of unbranched alkanes of at least 4 members (excludes halogenated alkanes) is 2. The Balaban J connectivity index is 2.04. The topological polar surface area (TPSA) is 46.9 Å². The predicted octanol–water partition coefficient (Wildman–Crippen LogP) is 5.50. The van der Waals surface area contributed by atoms with Gasteiger partial charge in [0, 0.05) is 17.5 Å². The van der Waals surface area contributed by atoms with Gasteiger partial charge in [0.15, 0.2) is 5.82 Å². The van der Waals surface area contributed by atoms with Crippen LogP contribution in [0.3, 0.4) is 0 Å². The van der Waals surface area contributed by atoms with Crippen LogP contribution in [0, 0.1) is 0 Å². The first-order chi connectivity index (χ1) is 12.9. The number of fused-ring (bicyclic) bond motifs is 1. The Bertz CT molecular complexity index is 933. The highest BCUT2D eigenvalue weighted by molar-refractivity contribution is 6.08. The van der Waals surface area contributed by atoms with Gasteiger partial charge < -0.3 is 5.32 Å². The van der Waals surface area contributed by atoms with Crippen molar-refractivity contribution < 1.29 is 18.0 Å². The van der Waals surface area contributed by atoms with Gasteiger partial charge in [-0.2, -0.15) is 18.3 Å². The van der Waals surface area contributed by atoms with E-state index in [-0.39, 0.29) is 16.7 Å². The van der Waals surface area contributed by atoms with Crippen molar-refractivity contribution in [3.05, 3.63) is 59.7 Å². The second-order valence-electron chi connectivity index (χ2n) is 6.30. The van der Waals surface area contributed by atoms with Gasteiger partial charge in [-0.1, -0.05) is 44.0 Å². The maximum absolute atomic E-state index is 13.5. The number of anilines is 1. The number of para-hydroxylation sites is 1. The molecule has 0 bridgehead atoms. The molecule has 0 spiro atoms. The van der Waals surface area contributed by atoms with Gasteiger partial charge in [0.2, 0.25) is 0 Å². The number of halogens is 3. The molecule has 0 saturated heterocycles. The number of nitrogens with one attached hydrogen (secondary N) is 1. The molecule has 0 fully saturated rings. The number of hydrogen-bond donors (Lipinski definition) is 1. The summed E-state index contributed by atoms with van der Waals surface area (Å²) in [7, 11) is 0. The maximum Gasteiger partial charge on any atom is 0.418 e. The van der Waals surface area contributed by atoms with Crippen LogP contribution >= 0.6 is 0 Å². The van der Waals surface area contributed by atoms with E-state index in [2.05, 4.69) is 10.4 Å². The maximum atomic E-state index is 13.5. The largest absolute Gasteiger partial charge is 0.418 e. The number of aryl methyl sites for hydroxylation is 1. The Morgan fingerprint density at radius 3 is 2.48 bits per heavy atom. The Kier molecular flexibility index (Phi) is 5.48. The minimum absolute atomic E-state index is 0.00413. The second kappa shape index (κ2) is 7.82. The van der Waals surface area contributed by atoms with Crippen molar-refractivity contribution in [2.45, 2.75) is 38.9 Å². The highest BCUT2D eigenvalue weighted by Gasteiger charge is 2.34. The highest BCUT2D eigenvalue weighted by Crippen LogP contribution is 2.37. The molecule has 7 heteroatoms. The third-order valence-electron chi connectivity index (χ3n) is 4.32. The summed E-state index contributed by atoms with van der Waals surface area (Å²) in [5, 5.41) is 7.22. The third kappa shape index (κ3) is 4.13. The lowest BCUT2D eigenvalue weighted by Gasteiger charge is -2.10. The lowest BCUT2D eigenvalue weighted by atomic mass is 10.1. The second-order valence-corrected chi connectivity index (χ2v) is 6.30. The van der Waals surface area contributed by atoms with Crippen molar-refractivity contribution >= 4 is 22.6 Å². The first-order valence-corrected chi connectivity index (χ1v) is 8.85. The Morgan fingerprint density at radius 1 is 1.07 bits per heavy atom. The van der Waals surface area contributed by atoms with Crippen molar-refractivity contribution in [2.75, 3.05) is 5.32 Å². The molecule has 1 N–H and O–H groups in total. The molecule has 142 valence electrons. The molecule has 0 atom stereocenters. The van der Waals surface area contributed by atoms with E-state index in [1.807, 2.05) is 6.92 Å². The molecule has 4 nitrogen and oxygen atoms in total. The molecule has 0 aliphatic carbocycles. The quantitative estimate of drug-likeness (QED) is 0.579. The normalized spacial score (nSPS) is 11.7. The Hall–Kier alpha value is -2.83. The highest BCUT2D eigenvalue weighted by atomic mass is 19.4. The van der Waals surface area contributed by atoms with E-state index in [1.54, 1.807) is 36.4 Å². The lowest BCUT2D eigenvalue weighted by Crippen LogP contribution is -2.12. The van der Waals surface area contributed by atoms with Crippen LogP contribution in [0.2, 0.25) is 0 Å². The number of carbonyl (C=O) groups excluding carboxylic acids is 1. The van der Waals surface area contributed by atoms with Gasteiger partial charge in [0.25, 0.3) is 5.91 Å². The zero-order valence-corrected chi connectivity index (χ0v) is 14.9. The molecule has 0 aliphatic heterocycles. The van der Waals surface area contributed by atoms with Crippen LogP contribution in [0.5, 0.6) is 0 Å². The fourth-order valence-corrected chi connectivity index (χ4v) is 3.00. The van der Waals surface area contributed by atoms with Crippen LogP contribution in [0.1, 0.15) is 42.1 Å². The standard InChI is InChI=1S/C20H20F3N3O/c1-2-3-7-13-26-17-15(11-8-12-16(17)20(21,22)23)18(25-26)24-19(27)14-9-5-4-6-10-14/h4-6,8-12H,2-3,7,13H2,1H3,(H,24,25,27). The smallest absolute Gasteiger partial charge is 0.305 e. The van der Waals surface area contributed by atoms with Gasteiger partial charge in [-0.3, -0.25) is 9.48 Å². The van der Waals surface area contributed by atoms with Gasteiger partial charge in [-0.15, -0.1) is 0 Å². The van der Waals surface area contributed by atoms with E-state index in [0.29, 0.717) is 18.5 Å². The van der Waals surface area contributed by atoms with E-state index in [1.165, 1.54) is 10.7 Å². The molecule has 0 saturated carbocycles. The average Bonchev–Trinajstić information content (AvgIpc) is 2.99. The minimum atomic E-state index is -4.50. The summed E-state index contributed by atoms with van der Waals surface area (Å²) in [6, 6.07) is 12.4. The summed E-state index contributed by atoms with van der Waals surface area (Å²) in [5.41, 5.74) is -0.327. The zero-order chi connectivity index (χ0) is 19.4. The summed E-state index contributed by atoms with van der Waals surface area (Å²) in [6.07, 6.45) is -1.95. The van der Waals surface area contributed by atoms with Crippen molar-refractivity contribution in [1.82, 2.24) is 9.78 Å². The number of carbonyl (C=O) groups is 1. The van der Waals surface area contributed by atoms with Crippen LogP contribution in [0.25, 0.3) is 10.9 Å². The number of benzene rings is 2. The fraction of sp³-hybridized carbons (Fsp3) is 0.300. The number of aromatic nitrogens is 2. The van der Waals surface area contributed by atoms with E-state index >= 15 is 0 Å². The molecular formula is C20H20F3N3O. The molecule has 1 heterocycles. The van der Waals surface area contributed by atoms with Crippen LogP contribution in [0.15, 0.2) is 48.5 Å². The summed E-state index contributed by atoms with van der Waals surface area (Å²) >= 11 is 0. The van der Waals surface area contributed by atoms with Crippen LogP contribution in [-0.4, -0.2) is 15.7 Å². The van der Waals surface area contributed by atoms with Crippen molar-refractivity contribution in [2.24, 2.45) is 0 Å². The molecule has 27 heavy (non-hydrogen) atoms. The molecule has 0 unspecified atom stereocenters. The fourth-order valence-electron chi connectivity index (χ4n) is 3.00. The Morgan fingerprint density at radius 2 is 1.81 bits per heavy atom. The monoisotopic (exact) mass is 375 g/mol. The summed E-state index contributed by atoms with van der Waals surface area (Å²) in [4.78, 5) is 12.4. The molecule has 0 aliphatic rings. The molecule has 3 rings (SSSR count). The van der Waals surface area contributed by atoms with Gasteiger partial charge >= 0.3 is 6.18 Å². The predicted molar refractivity (Wildman–Crippen MR) is 98.7 cm³/mol. The average molecular weight is 375 g/mol. The Labute approximate surface area is 155 Å². The molecule has 3 aromatic rings. The SMILES string of the molecule is CCCCCn1nc(NC(=O)c2ccccc2)c2cccc(C(F)(F)F)c21. The number of amides is 1. The van der Waals surface area contributed by atoms with Gasteiger partial charge in [0.1, 0.15) is 0 Å². The summed E-state index contributed by atoms with van der Waals surface area (Å²) in [6.45, 7) is 2.38. The summed E-state index contributed by atoms with van der Waals surface area (Å²) < 4.78 is 41.8. The number of rotatable bonds is 6. The number of alkyl halides is 3. The van der Waals surface area contributed by atoms with Gasteiger partial charge in [0.05, 0.1) is 11.1 Å². The molecular weight excluding hydrogens is 355 g/mol. The third-order valence-corrected chi connectivity index (χ3v) is 4.32. The molecule has 2 aromatic carbocycles. The first kappa shape index (κ1) is 18.9. The molecule has 1 aromatic heterocycles. The first-order valence-electron chi connectivity index (χ1n) is 8.85. The van der Waals surface area contributed by atoms with Gasteiger partial charge in [-0.05, 0) is 30.7 Å². The van der Waals surface area contributed by atoms with Crippen molar-refractivity contribution in [3.63, 3.8) is 0 Å². The minimum Gasteiger partial charge on any atom is -0.305 e. The van der Waals surface area contributed by atoms with Crippen LogP contribution < -0.4 is 5.32 Å². The number of nitrogens with zero attached hydrogens (tertiary/aromatic N) is 2. The van der Waals surface area contributed by atoms with E-state index in [4.69, 9.17) is 0 Å². The lowest BCUT2D eigenvalue weighted by molar-refractivity contribution is -0.136. The van der Waals surface area contributed by atoms with Crippen LogP contribution in [-0.2, 0) is 12.7 Å². The number of hydrogen-bond acceptors (Lipinski definition) is 2. The van der Waals surface area contributed by atoms with E-state index in [9.17, 15) is 18.0 Å². The van der Waals surface area contributed by atoms with Crippen LogP contribution in [0.4, 0.5) is 19.0 Å².